The van der Waals surface area contributed by atoms with Gasteiger partial charge in [-0.2, -0.15) is 4.98 Å². The molecule has 0 saturated heterocycles. The summed E-state index contributed by atoms with van der Waals surface area (Å²) in [6.07, 6.45) is 0. The van der Waals surface area contributed by atoms with Crippen molar-refractivity contribution < 1.29 is 22.9 Å². The zero-order valence-electron chi connectivity index (χ0n) is 9.22. The van der Waals surface area contributed by atoms with Crippen LogP contribution in [0.15, 0.2) is 8.83 Å². The monoisotopic (exact) mass is 266 g/mol. The number of nitrogen functional groups attached to an aromatic ring is 1. The third-order valence-electron chi connectivity index (χ3n) is 2.98. The predicted molar refractivity (Wildman–Crippen MR) is 61.1 cm³/mol. The fraction of sp³-hybridized carbons (Fsp3) is 0.200. The number of carbonyl (C=O) groups is 1. The lowest BCUT2D eigenvalue weighted by atomic mass is 10.3. The van der Waals surface area contributed by atoms with Gasteiger partial charge < -0.3 is 23.9 Å². The average molecular weight is 266 g/mol. The third-order valence-corrected chi connectivity index (χ3v) is 5.53. The van der Waals surface area contributed by atoms with Crippen molar-refractivity contribution in [3.8, 4) is 11.5 Å². The molecule has 0 aliphatic carbocycles. The Balaban J connectivity index is 1.83. The van der Waals surface area contributed by atoms with Crippen LogP contribution in [0.5, 0.6) is 0 Å². The van der Waals surface area contributed by atoms with E-state index in [4.69, 9.17) is 19.3 Å². The van der Waals surface area contributed by atoms with Crippen LogP contribution in [0.1, 0.15) is 17.5 Å². The Labute approximate surface area is 100 Å². The molecule has 0 aromatic carbocycles. The van der Waals surface area contributed by atoms with Crippen molar-refractivity contribution in [2.75, 3.05) is 12.3 Å². The van der Waals surface area contributed by atoms with E-state index in [0.29, 0.717) is 16.6 Å². The summed E-state index contributed by atoms with van der Waals surface area (Å²) < 4.78 is 27.1. The van der Waals surface area contributed by atoms with E-state index < -0.39 is 13.1 Å². The highest BCUT2D eigenvalue weighted by atomic mass is 31.2. The quantitative estimate of drug-likeness (QED) is 0.409. The van der Waals surface area contributed by atoms with Gasteiger partial charge in [0, 0.05) is 0 Å². The van der Waals surface area contributed by atoms with Crippen molar-refractivity contribution in [2.24, 2.45) is 0 Å². The summed E-state index contributed by atoms with van der Waals surface area (Å²) in [5.41, 5.74) is 6.13. The lowest BCUT2D eigenvalue weighted by molar-refractivity contribution is 0.0492. The van der Waals surface area contributed by atoms with Gasteiger partial charge in [-0.05, 0) is 6.92 Å². The molecule has 2 aromatic rings. The first-order valence-electron chi connectivity index (χ1n) is 5.31. The largest absolute Gasteiger partial charge is 0.460 e. The van der Waals surface area contributed by atoms with E-state index in [1.54, 1.807) is 6.92 Å². The Morgan fingerprint density at radius 2 is 2.17 bits per heavy atom. The standard InChI is InChI=1S/C10H7N2O5P/c1-2-15-8(13)5-3(12-10(11)17-5)4-6-7-9(16-4)18(6,7)14/h2H2,1H3,(H2,11,12). The molecule has 0 radical (unpaired) electrons. The highest BCUT2D eigenvalue weighted by Gasteiger charge is 2.75. The van der Waals surface area contributed by atoms with Gasteiger partial charge >= 0.3 is 5.97 Å². The van der Waals surface area contributed by atoms with Gasteiger partial charge in [0.1, 0.15) is 0 Å². The van der Waals surface area contributed by atoms with E-state index in [1.165, 1.54) is 0 Å². The number of hydrogen-bond acceptors (Lipinski definition) is 7. The van der Waals surface area contributed by atoms with Gasteiger partial charge in [-0.25, -0.2) is 4.79 Å². The zero-order valence-corrected chi connectivity index (χ0v) is 10.1. The second-order valence-corrected chi connectivity index (χ2v) is 6.51. The Morgan fingerprint density at radius 1 is 1.44 bits per heavy atom. The molecule has 5 heterocycles. The topological polar surface area (TPSA) is 109 Å². The number of hydrogen-bond donors (Lipinski definition) is 1. The molecule has 18 heavy (non-hydrogen) atoms. The average Bonchev–Trinajstić information content (AvgIpc) is 2.91. The number of nitrogens with zero attached hydrogens (tertiary/aromatic N) is 1. The van der Waals surface area contributed by atoms with Crippen molar-refractivity contribution >= 4 is 35.2 Å². The first-order valence-corrected chi connectivity index (χ1v) is 7.02. The molecule has 8 heteroatoms. The van der Waals surface area contributed by atoms with Gasteiger partial charge in [0.05, 0.1) is 17.2 Å². The molecule has 2 bridgehead atoms. The Hall–Kier alpha value is -2.01. The highest BCUT2D eigenvalue weighted by Crippen LogP contribution is 2.70. The lowest BCUT2D eigenvalue weighted by Crippen LogP contribution is -2.06. The maximum atomic E-state index is 11.9. The molecular weight excluding hydrogens is 259 g/mol. The summed E-state index contributed by atoms with van der Waals surface area (Å²) in [4.78, 5) is 15.6. The molecule has 0 fully saturated rings. The molecule has 2 N–H and O–H groups in total. The van der Waals surface area contributed by atoms with Crippen LogP contribution in [0.2, 0.25) is 0 Å². The van der Waals surface area contributed by atoms with E-state index in [1.807, 2.05) is 0 Å². The van der Waals surface area contributed by atoms with Gasteiger partial charge in [0.2, 0.25) is 12.9 Å². The number of furan rings is 1. The maximum Gasteiger partial charge on any atom is 0.376 e. The summed E-state index contributed by atoms with van der Waals surface area (Å²) in [5, 5.41) is 1.45. The number of nitrogens with two attached hydrogens (primary N) is 1. The molecule has 0 amide bonds. The molecule has 2 aromatic heterocycles. The van der Waals surface area contributed by atoms with Crippen LogP contribution in [-0.4, -0.2) is 17.6 Å². The van der Waals surface area contributed by atoms with Crippen LogP contribution in [0.4, 0.5) is 6.01 Å². The Morgan fingerprint density at radius 3 is 2.72 bits per heavy atom. The number of esters is 1. The number of aromatic nitrogens is 1. The molecule has 7 nitrogen and oxygen atoms in total. The number of carbonyl (C=O) groups excluding carboxylic acids is 1. The fourth-order valence-corrected chi connectivity index (χ4v) is 4.57. The zero-order chi connectivity index (χ0) is 12.7. The fourth-order valence-electron chi connectivity index (χ4n) is 2.09. The molecule has 1 unspecified atom stereocenters. The Bertz CT molecular complexity index is 763. The second kappa shape index (κ2) is 2.70. The molecule has 0 spiro atoms. The number of fused-ring (bicyclic) bond motifs is 1. The number of anilines is 1. The SMILES string of the molecule is CCOC(=O)c1oc(N)nc1-c1oc2c3c1P23=O. The molecular formula is C10H7N2O5P. The summed E-state index contributed by atoms with van der Waals surface area (Å²) in [7, 11) is -2.35. The minimum absolute atomic E-state index is 0.113. The first-order chi connectivity index (χ1) is 8.59. The van der Waals surface area contributed by atoms with E-state index in [0.717, 1.165) is 5.30 Å². The normalized spacial score (nSPS) is 21.6. The molecule has 3 aliphatic rings. The summed E-state index contributed by atoms with van der Waals surface area (Å²) in [6, 6.07) is -0.155. The summed E-state index contributed by atoms with van der Waals surface area (Å²) >= 11 is 0. The lowest BCUT2D eigenvalue weighted by Gasteiger charge is -1.98. The maximum absolute atomic E-state index is 11.9. The van der Waals surface area contributed by atoms with E-state index in [2.05, 4.69) is 4.98 Å². The highest BCUT2D eigenvalue weighted by molar-refractivity contribution is 8.06. The molecule has 92 valence electrons. The van der Waals surface area contributed by atoms with Crippen molar-refractivity contribution in [1.29, 1.82) is 0 Å². The second-order valence-electron chi connectivity index (χ2n) is 3.99. The van der Waals surface area contributed by atoms with Crippen molar-refractivity contribution in [3.05, 3.63) is 5.76 Å². The first kappa shape index (κ1) is 9.96. The van der Waals surface area contributed by atoms with E-state index in [9.17, 15) is 9.36 Å². The molecule has 1 atom stereocenters. The predicted octanol–water partition coefficient (Wildman–Crippen LogP) is -0.0403. The number of rotatable bonds is 3. The van der Waals surface area contributed by atoms with Crippen molar-refractivity contribution in [1.82, 2.24) is 4.98 Å². The minimum Gasteiger partial charge on any atom is -0.460 e. The number of oxazole rings is 1. The van der Waals surface area contributed by atoms with Gasteiger partial charge in [0.25, 0.3) is 6.01 Å². The van der Waals surface area contributed by atoms with Crippen LogP contribution in [0.3, 0.4) is 0 Å². The van der Waals surface area contributed by atoms with Crippen molar-refractivity contribution in [2.45, 2.75) is 6.92 Å². The van der Waals surface area contributed by atoms with E-state index in [-0.39, 0.29) is 24.1 Å². The Kier molecular flexibility index (Phi) is 1.49. The van der Waals surface area contributed by atoms with Crippen molar-refractivity contribution in [3.63, 3.8) is 0 Å². The van der Waals surface area contributed by atoms with Crippen LogP contribution < -0.4 is 21.8 Å². The summed E-state index contributed by atoms with van der Waals surface area (Å²) in [5.74, 6) is -0.453. The van der Waals surface area contributed by atoms with Gasteiger partial charge in [0.15, 0.2) is 17.0 Å². The van der Waals surface area contributed by atoms with Gasteiger partial charge in [-0.1, -0.05) is 0 Å². The van der Waals surface area contributed by atoms with Gasteiger partial charge in [-0.3, -0.25) is 0 Å². The summed E-state index contributed by atoms with van der Waals surface area (Å²) in [6.45, 7) is 1.88. The van der Waals surface area contributed by atoms with Crippen LogP contribution in [-0.2, 0) is 9.30 Å². The molecule has 3 aliphatic heterocycles. The van der Waals surface area contributed by atoms with Crippen LogP contribution in [0, 0.1) is 0 Å². The van der Waals surface area contributed by atoms with E-state index >= 15 is 0 Å². The molecule has 0 saturated carbocycles. The van der Waals surface area contributed by atoms with Crippen LogP contribution >= 0.6 is 7.14 Å². The van der Waals surface area contributed by atoms with Gasteiger partial charge in [-0.15, -0.1) is 0 Å². The smallest absolute Gasteiger partial charge is 0.376 e. The number of ether oxygens (including phenoxy) is 1. The molecule has 5 rings (SSSR count). The van der Waals surface area contributed by atoms with Crippen LogP contribution in [0.25, 0.3) is 11.5 Å². The third kappa shape index (κ3) is 0.908. The minimum atomic E-state index is -2.35.